The second-order valence-corrected chi connectivity index (χ2v) is 8.27. The van der Waals surface area contributed by atoms with Gasteiger partial charge in [0.25, 0.3) is 0 Å². The van der Waals surface area contributed by atoms with Gasteiger partial charge in [0.05, 0.1) is 0 Å². The van der Waals surface area contributed by atoms with Crippen LogP contribution in [-0.4, -0.2) is 41.5 Å². The zero-order valence-electron chi connectivity index (χ0n) is 14.9. The van der Waals surface area contributed by atoms with Crippen molar-refractivity contribution in [1.82, 2.24) is 15.5 Å². The highest BCUT2D eigenvalue weighted by atomic mass is 79.9. The molecule has 24 heavy (non-hydrogen) atoms. The Bertz CT molecular complexity index is 537. The lowest BCUT2D eigenvalue weighted by Gasteiger charge is -2.32. The van der Waals surface area contributed by atoms with Gasteiger partial charge in [-0.1, -0.05) is 0 Å². The standard InChI is InChI=1S/C17H27BrN4O2/c1-17(2,3)24-16(23)19-13-7-5-12(6-8-13)11-22(4)15-10-9-14(18)20-21-15/h9-10,12-13H,5-8,11H2,1-4H3,(H,19,23). The molecule has 1 aromatic heterocycles. The summed E-state index contributed by atoms with van der Waals surface area (Å²) < 4.78 is 6.07. The predicted octanol–water partition coefficient (Wildman–Crippen LogP) is 3.76. The first-order valence-corrected chi connectivity index (χ1v) is 9.22. The van der Waals surface area contributed by atoms with Crippen LogP contribution in [0.3, 0.4) is 0 Å². The van der Waals surface area contributed by atoms with Gasteiger partial charge in [-0.15, -0.1) is 10.2 Å². The Morgan fingerprint density at radius 1 is 1.29 bits per heavy atom. The Labute approximate surface area is 152 Å². The zero-order valence-corrected chi connectivity index (χ0v) is 16.5. The Kier molecular flexibility index (Phi) is 6.43. The Balaban J connectivity index is 1.74. The van der Waals surface area contributed by atoms with E-state index < -0.39 is 5.60 Å². The number of alkyl carbamates (subject to hydrolysis) is 1. The van der Waals surface area contributed by atoms with E-state index in [1.54, 1.807) is 0 Å². The SMILES string of the molecule is CN(CC1CCC(NC(=O)OC(C)(C)C)CC1)c1ccc(Br)nn1. The maximum atomic E-state index is 11.8. The van der Waals surface area contributed by atoms with Crippen molar-refractivity contribution in [3.8, 4) is 0 Å². The van der Waals surface area contributed by atoms with Crippen molar-refractivity contribution in [3.05, 3.63) is 16.7 Å². The molecule has 0 atom stereocenters. The fraction of sp³-hybridized carbons (Fsp3) is 0.706. The molecule has 0 aliphatic heterocycles. The van der Waals surface area contributed by atoms with E-state index >= 15 is 0 Å². The third-order valence-electron chi connectivity index (χ3n) is 4.11. The molecule has 0 spiro atoms. The van der Waals surface area contributed by atoms with Crippen molar-refractivity contribution in [2.45, 2.75) is 58.1 Å². The third-order valence-corrected chi connectivity index (χ3v) is 4.53. The second-order valence-electron chi connectivity index (χ2n) is 7.46. The van der Waals surface area contributed by atoms with E-state index in [0.29, 0.717) is 5.92 Å². The smallest absolute Gasteiger partial charge is 0.407 e. The second kappa shape index (κ2) is 8.14. The highest BCUT2D eigenvalue weighted by Gasteiger charge is 2.25. The van der Waals surface area contributed by atoms with Crippen LogP contribution in [0.5, 0.6) is 0 Å². The van der Waals surface area contributed by atoms with Crippen LogP contribution >= 0.6 is 15.9 Å². The summed E-state index contributed by atoms with van der Waals surface area (Å²) in [6.07, 6.45) is 3.85. The van der Waals surface area contributed by atoms with Crippen LogP contribution in [0.15, 0.2) is 16.7 Å². The molecule has 1 aliphatic carbocycles. The minimum Gasteiger partial charge on any atom is -0.444 e. The predicted molar refractivity (Wildman–Crippen MR) is 98.1 cm³/mol. The van der Waals surface area contributed by atoms with Gasteiger partial charge in [-0.3, -0.25) is 0 Å². The normalized spacial score (nSPS) is 21.2. The Morgan fingerprint density at radius 2 is 1.96 bits per heavy atom. The number of hydrogen-bond acceptors (Lipinski definition) is 5. The lowest BCUT2D eigenvalue weighted by molar-refractivity contribution is 0.0488. The first kappa shape index (κ1) is 19.0. The number of anilines is 1. The number of halogens is 1. The number of nitrogens with zero attached hydrogens (tertiary/aromatic N) is 3. The summed E-state index contributed by atoms with van der Waals surface area (Å²) >= 11 is 3.30. The number of rotatable bonds is 4. The van der Waals surface area contributed by atoms with E-state index in [1.807, 2.05) is 40.0 Å². The minimum atomic E-state index is -0.449. The van der Waals surface area contributed by atoms with Crippen LogP contribution in [0, 0.1) is 5.92 Å². The number of carbonyl (C=O) groups is 1. The molecule has 7 heteroatoms. The van der Waals surface area contributed by atoms with Gasteiger partial charge in [0.1, 0.15) is 10.2 Å². The Morgan fingerprint density at radius 3 is 2.50 bits per heavy atom. The van der Waals surface area contributed by atoms with Crippen LogP contribution in [0.2, 0.25) is 0 Å². The van der Waals surface area contributed by atoms with Crippen LogP contribution in [0.4, 0.5) is 10.6 Å². The summed E-state index contributed by atoms with van der Waals surface area (Å²) in [4.78, 5) is 14.0. The molecule has 1 amide bonds. The first-order chi connectivity index (χ1) is 11.2. The van der Waals surface area contributed by atoms with E-state index in [2.05, 4.69) is 36.3 Å². The minimum absolute atomic E-state index is 0.217. The van der Waals surface area contributed by atoms with Crippen molar-refractivity contribution in [3.63, 3.8) is 0 Å². The van der Waals surface area contributed by atoms with Crippen molar-refractivity contribution in [1.29, 1.82) is 0 Å². The van der Waals surface area contributed by atoms with Gasteiger partial charge in [-0.2, -0.15) is 0 Å². The molecular weight excluding hydrogens is 372 g/mol. The van der Waals surface area contributed by atoms with Gasteiger partial charge in [-0.25, -0.2) is 4.79 Å². The molecule has 6 nitrogen and oxygen atoms in total. The monoisotopic (exact) mass is 398 g/mol. The molecule has 0 radical (unpaired) electrons. The lowest BCUT2D eigenvalue weighted by atomic mass is 9.86. The van der Waals surface area contributed by atoms with Crippen molar-refractivity contribution >= 4 is 27.8 Å². The molecule has 1 heterocycles. The summed E-state index contributed by atoms with van der Waals surface area (Å²) in [5.41, 5.74) is -0.449. The zero-order chi connectivity index (χ0) is 17.7. The summed E-state index contributed by atoms with van der Waals surface area (Å²) in [6, 6.07) is 4.08. The van der Waals surface area contributed by atoms with E-state index in [1.165, 1.54) is 0 Å². The molecule has 2 rings (SSSR count). The molecule has 1 fully saturated rings. The molecule has 0 saturated heterocycles. The van der Waals surface area contributed by atoms with E-state index in [4.69, 9.17) is 4.74 Å². The molecule has 1 saturated carbocycles. The molecule has 0 unspecified atom stereocenters. The molecule has 1 N–H and O–H groups in total. The van der Waals surface area contributed by atoms with E-state index in [-0.39, 0.29) is 12.1 Å². The van der Waals surface area contributed by atoms with Crippen LogP contribution < -0.4 is 10.2 Å². The first-order valence-electron chi connectivity index (χ1n) is 8.43. The molecule has 1 aromatic rings. The number of hydrogen-bond donors (Lipinski definition) is 1. The number of ether oxygens (including phenoxy) is 1. The average Bonchev–Trinajstić information content (AvgIpc) is 2.48. The highest BCUT2D eigenvalue weighted by Crippen LogP contribution is 2.26. The van der Waals surface area contributed by atoms with Gasteiger partial charge in [0.15, 0.2) is 5.82 Å². The van der Waals surface area contributed by atoms with Crippen molar-refractivity contribution in [2.75, 3.05) is 18.5 Å². The van der Waals surface area contributed by atoms with Gasteiger partial charge in [0.2, 0.25) is 0 Å². The lowest BCUT2D eigenvalue weighted by Crippen LogP contribution is -2.42. The largest absolute Gasteiger partial charge is 0.444 e. The highest BCUT2D eigenvalue weighted by molar-refractivity contribution is 9.10. The van der Waals surface area contributed by atoms with Gasteiger partial charge >= 0.3 is 6.09 Å². The summed E-state index contributed by atoms with van der Waals surface area (Å²) in [6.45, 7) is 6.59. The van der Waals surface area contributed by atoms with Crippen molar-refractivity contribution < 1.29 is 9.53 Å². The quantitative estimate of drug-likeness (QED) is 0.835. The maximum absolute atomic E-state index is 11.8. The van der Waals surface area contributed by atoms with E-state index in [0.717, 1.165) is 42.6 Å². The summed E-state index contributed by atoms with van der Waals surface area (Å²) in [5, 5.41) is 11.2. The van der Waals surface area contributed by atoms with Crippen LogP contribution in [0.25, 0.3) is 0 Å². The van der Waals surface area contributed by atoms with Crippen molar-refractivity contribution in [2.24, 2.45) is 5.92 Å². The fourth-order valence-electron chi connectivity index (χ4n) is 2.96. The van der Waals surface area contributed by atoms with Gasteiger partial charge in [-0.05, 0) is 80.4 Å². The molecule has 134 valence electrons. The van der Waals surface area contributed by atoms with Crippen LogP contribution in [0.1, 0.15) is 46.5 Å². The fourth-order valence-corrected chi connectivity index (χ4v) is 3.17. The molecular formula is C17H27BrN4O2. The average molecular weight is 399 g/mol. The number of carbonyl (C=O) groups excluding carboxylic acids is 1. The van der Waals surface area contributed by atoms with E-state index in [9.17, 15) is 4.79 Å². The molecule has 1 aliphatic rings. The summed E-state index contributed by atoms with van der Waals surface area (Å²) in [5.74, 6) is 1.49. The summed E-state index contributed by atoms with van der Waals surface area (Å²) in [7, 11) is 2.04. The molecule has 0 bridgehead atoms. The number of nitrogens with one attached hydrogen (secondary N) is 1. The number of aromatic nitrogens is 2. The molecule has 0 aromatic carbocycles. The van der Waals surface area contributed by atoms with Gasteiger partial charge in [0, 0.05) is 19.6 Å². The van der Waals surface area contributed by atoms with Gasteiger partial charge < -0.3 is 15.0 Å². The van der Waals surface area contributed by atoms with Crippen LogP contribution in [-0.2, 0) is 4.74 Å². The topological polar surface area (TPSA) is 67.4 Å². The third kappa shape index (κ3) is 6.26. The maximum Gasteiger partial charge on any atom is 0.407 e. The Hall–Kier alpha value is -1.37. The number of amides is 1.